The zero-order valence-electron chi connectivity index (χ0n) is 17.7. The molecule has 0 aromatic heterocycles. The predicted molar refractivity (Wildman–Crippen MR) is 128 cm³/mol. The molecule has 0 saturated heterocycles. The number of rotatable bonds is 5. The normalized spacial score (nSPS) is 26.3. The van der Waals surface area contributed by atoms with E-state index < -0.39 is 5.41 Å². The number of carbonyl (C=O) groups is 2. The summed E-state index contributed by atoms with van der Waals surface area (Å²) < 4.78 is 0. The highest BCUT2D eigenvalue weighted by atomic mass is 35.5. The summed E-state index contributed by atoms with van der Waals surface area (Å²) in [7, 11) is 0. The molecule has 1 amide bonds. The number of aldehydes is 1. The number of amides is 1. The molecule has 160 valence electrons. The molecule has 1 aliphatic carbocycles. The van der Waals surface area contributed by atoms with Gasteiger partial charge in [0, 0.05) is 22.5 Å². The van der Waals surface area contributed by atoms with Crippen LogP contribution in [0.4, 0.5) is 5.69 Å². The van der Waals surface area contributed by atoms with E-state index in [-0.39, 0.29) is 23.7 Å². The largest absolute Gasteiger partial charge is 0.307 e. The van der Waals surface area contributed by atoms with Gasteiger partial charge in [0.05, 0.1) is 12.0 Å². The smallest absolute Gasteiger partial charge is 0.238 e. The third kappa shape index (κ3) is 3.03. The van der Waals surface area contributed by atoms with Crippen molar-refractivity contribution in [2.75, 3.05) is 4.90 Å². The topological polar surface area (TPSA) is 37.4 Å². The van der Waals surface area contributed by atoms with Gasteiger partial charge in [0.1, 0.15) is 6.29 Å². The molecule has 3 aromatic rings. The zero-order valence-corrected chi connectivity index (χ0v) is 18.4. The summed E-state index contributed by atoms with van der Waals surface area (Å²) in [6, 6.07) is 25.6. The van der Waals surface area contributed by atoms with Crippen LogP contribution in [0.2, 0.25) is 5.02 Å². The van der Waals surface area contributed by atoms with Crippen molar-refractivity contribution in [2.45, 2.75) is 24.3 Å². The second-order valence-electron chi connectivity index (χ2n) is 8.72. The molecule has 1 aliphatic heterocycles. The van der Waals surface area contributed by atoms with Crippen molar-refractivity contribution in [3.8, 4) is 0 Å². The first-order valence-corrected chi connectivity index (χ1v) is 11.3. The highest BCUT2D eigenvalue weighted by molar-refractivity contribution is 6.31. The summed E-state index contributed by atoms with van der Waals surface area (Å²) in [5.74, 6) is -0.675. The van der Waals surface area contributed by atoms with Gasteiger partial charge in [-0.2, -0.15) is 0 Å². The molecule has 4 atom stereocenters. The zero-order chi connectivity index (χ0) is 22.3. The molecular weight excluding hydrogens is 418 g/mol. The maximum atomic E-state index is 14.3. The fourth-order valence-electron chi connectivity index (χ4n) is 5.78. The molecule has 1 heterocycles. The number of nitrogens with zero attached hydrogens (tertiary/aromatic N) is 1. The third-order valence-corrected chi connectivity index (χ3v) is 7.36. The van der Waals surface area contributed by atoms with Crippen molar-refractivity contribution in [2.24, 2.45) is 11.8 Å². The highest BCUT2D eigenvalue weighted by Crippen LogP contribution is 2.62. The van der Waals surface area contributed by atoms with Crippen LogP contribution in [0.3, 0.4) is 0 Å². The summed E-state index contributed by atoms with van der Waals surface area (Å²) in [5, 5.41) is 0.592. The Hall–Kier alpha value is -3.17. The van der Waals surface area contributed by atoms with Gasteiger partial charge in [0.2, 0.25) is 5.91 Å². The first-order chi connectivity index (χ1) is 15.6. The van der Waals surface area contributed by atoms with Crippen LogP contribution in [0.5, 0.6) is 0 Å². The number of hydrogen-bond donors (Lipinski definition) is 0. The lowest BCUT2D eigenvalue weighted by Gasteiger charge is -2.32. The molecule has 32 heavy (non-hydrogen) atoms. The predicted octanol–water partition coefficient (Wildman–Crippen LogP) is 5.93. The molecule has 4 heteroatoms. The van der Waals surface area contributed by atoms with Crippen LogP contribution in [0.25, 0.3) is 0 Å². The number of carbonyl (C=O) groups excluding carboxylic acids is 2. The van der Waals surface area contributed by atoms with Crippen molar-refractivity contribution in [1.82, 2.24) is 0 Å². The lowest BCUT2D eigenvalue weighted by Crippen LogP contribution is -2.43. The van der Waals surface area contributed by atoms with E-state index >= 15 is 0 Å². The maximum Gasteiger partial charge on any atom is 0.238 e. The monoisotopic (exact) mass is 441 g/mol. The Labute approximate surface area is 193 Å². The Bertz CT molecular complexity index is 1180. The van der Waals surface area contributed by atoms with Gasteiger partial charge in [-0.1, -0.05) is 78.3 Å². The van der Waals surface area contributed by atoms with Gasteiger partial charge in [-0.25, -0.2) is 0 Å². The number of benzene rings is 3. The molecule has 1 spiro atoms. The molecule has 3 aromatic carbocycles. The SMILES string of the molecule is C=C[C@H]1C[C@@]2(C(=O)N(Cc3ccccc3)c3ccc(Cl)cc32)[C@H](c2ccccc2)[C@H]1C=O. The number of hydrogen-bond acceptors (Lipinski definition) is 2. The van der Waals surface area contributed by atoms with E-state index in [2.05, 4.69) is 6.58 Å². The van der Waals surface area contributed by atoms with Crippen LogP contribution in [-0.4, -0.2) is 12.2 Å². The minimum absolute atomic E-state index is 0.0312. The van der Waals surface area contributed by atoms with Gasteiger partial charge in [-0.3, -0.25) is 4.79 Å². The van der Waals surface area contributed by atoms with Crippen LogP contribution in [0.1, 0.15) is 29.0 Å². The second-order valence-corrected chi connectivity index (χ2v) is 9.15. The van der Waals surface area contributed by atoms with E-state index in [0.29, 0.717) is 18.0 Å². The quantitative estimate of drug-likeness (QED) is 0.363. The number of allylic oxidation sites excluding steroid dienone is 1. The fraction of sp³-hybridized carbons (Fsp3) is 0.214. The van der Waals surface area contributed by atoms with Gasteiger partial charge < -0.3 is 9.69 Å². The molecule has 5 rings (SSSR count). The van der Waals surface area contributed by atoms with Crippen molar-refractivity contribution >= 4 is 29.5 Å². The Balaban J connectivity index is 1.72. The van der Waals surface area contributed by atoms with Gasteiger partial charge in [-0.05, 0) is 47.2 Å². The maximum absolute atomic E-state index is 14.3. The average molecular weight is 442 g/mol. The molecule has 0 unspecified atom stereocenters. The highest BCUT2D eigenvalue weighted by Gasteiger charge is 2.63. The Morgan fingerprint density at radius 1 is 1.03 bits per heavy atom. The second kappa shape index (κ2) is 8.07. The number of anilines is 1. The molecule has 0 bridgehead atoms. The molecule has 3 nitrogen and oxygen atoms in total. The molecule has 0 N–H and O–H groups in total. The van der Waals surface area contributed by atoms with E-state index in [0.717, 1.165) is 28.7 Å². The lowest BCUT2D eigenvalue weighted by molar-refractivity contribution is -0.124. The fourth-order valence-corrected chi connectivity index (χ4v) is 5.96. The summed E-state index contributed by atoms with van der Waals surface area (Å²) >= 11 is 6.46. The summed E-state index contributed by atoms with van der Waals surface area (Å²) in [6.07, 6.45) is 3.38. The van der Waals surface area contributed by atoms with E-state index in [9.17, 15) is 9.59 Å². The van der Waals surface area contributed by atoms with E-state index in [4.69, 9.17) is 11.6 Å². The van der Waals surface area contributed by atoms with Crippen LogP contribution in [0.15, 0.2) is 91.5 Å². The molecule has 1 saturated carbocycles. The average Bonchev–Trinajstić information content (AvgIpc) is 3.28. The first kappa shape index (κ1) is 20.7. The molecule has 0 radical (unpaired) electrons. The van der Waals surface area contributed by atoms with Gasteiger partial charge >= 0.3 is 0 Å². The number of halogens is 1. The van der Waals surface area contributed by atoms with E-state index in [1.165, 1.54) is 0 Å². The minimum Gasteiger partial charge on any atom is -0.307 e. The van der Waals surface area contributed by atoms with Crippen LogP contribution >= 0.6 is 11.6 Å². The standard InChI is InChI=1S/C28H24ClNO2/c1-2-20-16-28(26(23(20)18-31)21-11-7-4-8-12-21)24-15-22(29)13-14-25(24)30(27(28)32)17-19-9-5-3-6-10-19/h2-15,18,20,23,26H,1,16-17H2/t20-,23-,26+,28-/m0/s1. The summed E-state index contributed by atoms with van der Waals surface area (Å²) in [5.41, 5.74) is 2.98. The van der Waals surface area contributed by atoms with Crippen LogP contribution < -0.4 is 4.90 Å². The van der Waals surface area contributed by atoms with Gasteiger partial charge in [0.15, 0.2) is 0 Å². The third-order valence-electron chi connectivity index (χ3n) is 7.13. The summed E-state index contributed by atoms with van der Waals surface area (Å²) in [6.45, 7) is 4.47. The Kier molecular flexibility index (Phi) is 5.22. The van der Waals surface area contributed by atoms with E-state index in [1.54, 1.807) is 0 Å². The van der Waals surface area contributed by atoms with Crippen LogP contribution in [-0.2, 0) is 21.5 Å². The first-order valence-electron chi connectivity index (χ1n) is 10.9. The van der Waals surface area contributed by atoms with Crippen molar-refractivity contribution < 1.29 is 9.59 Å². The Morgan fingerprint density at radius 3 is 2.38 bits per heavy atom. The molecular formula is C28H24ClNO2. The number of fused-ring (bicyclic) bond motifs is 2. The molecule has 2 aliphatic rings. The van der Waals surface area contributed by atoms with E-state index in [1.807, 2.05) is 89.8 Å². The summed E-state index contributed by atoms with van der Waals surface area (Å²) in [4.78, 5) is 28.6. The van der Waals surface area contributed by atoms with Crippen molar-refractivity contribution in [3.05, 3.63) is 113 Å². The van der Waals surface area contributed by atoms with Crippen LogP contribution in [0, 0.1) is 11.8 Å². The van der Waals surface area contributed by atoms with Gasteiger partial charge in [-0.15, -0.1) is 6.58 Å². The van der Waals surface area contributed by atoms with Crippen molar-refractivity contribution in [3.63, 3.8) is 0 Å². The minimum atomic E-state index is -0.860. The lowest BCUT2D eigenvalue weighted by atomic mass is 9.68. The molecule has 1 fully saturated rings. The van der Waals surface area contributed by atoms with Crippen molar-refractivity contribution in [1.29, 1.82) is 0 Å². The van der Waals surface area contributed by atoms with Gasteiger partial charge in [0.25, 0.3) is 0 Å². The Morgan fingerprint density at radius 2 is 1.72 bits per heavy atom.